The summed E-state index contributed by atoms with van der Waals surface area (Å²) in [5, 5.41) is -0.543. The molecule has 0 unspecified atom stereocenters. The van der Waals surface area contributed by atoms with Gasteiger partial charge in [-0.25, -0.2) is 0 Å². The Morgan fingerprint density at radius 2 is 1.65 bits per heavy atom. The first-order valence-electron chi connectivity index (χ1n) is 5.79. The minimum Gasteiger partial charge on any atom is -0.275 e. The molecule has 0 aromatic heterocycles. The molecular formula is C14H18ClNO. The van der Waals surface area contributed by atoms with Crippen LogP contribution in [0.1, 0.15) is 50.7 Å². The third kappa shape index (κ3) is 3.67. The van der Waals surface area contributed by atoms with Gasteiger partial charge in [-0.15, -0.1) is 0 Å². The Morgan fingerprint density at radius 3 is 2.00 bits per heavy atom. The highest BCUT2D eigenvalue weighted by atomic mass is 35.5. The number of rotatable bonds is 4. The van der Waals surface area contributed by atoms with Crippen molar-refractivity contribution in [1.29, 1.82) is 0 Å². The molecule has 0 amide bonds. The van der Waals surface area contributed by atoms with Gasteiger partial charge in [0.25, 0.3) is 5.24 Å². The summed E-state index contributed by atoms with van der Waals surface area (Å²) in [6.07, 6.45) is 1.18. The molecule has 0 N–H and O–H groups in total. The number of benzene rings is 1. The van der Waals surface area contributed by atoms with Crippen LogP contribution in [-0.2, 0) is 4.79 Å². The summed E-state index contributed by atoms with van der Waals surface area (Å²) in [5.74, 6) is 0.734. The van der Waals surface area contributed by atoms with Crippen molar-refractivity contribution < 1.29 is 4.79 Å². The molecule has 0 fully saturated rings. The molecule has 0 heterocycles. The molecule has 0 spiro atoms. The third-order valence-electron chi connectivity index (χ3n) is 2.64. The average Bonchev–Trinajstić information content (AvgIpc) is 2.25. The van der Waals surface area contributed by atoms with Crippen LogP contribution in [0.3, 0.4) is 0 Å². The zero-order valence-electron chi connectivity index (χ0n) is 10.7. The van der Waals surface area contributed by atoms with E-state index in [1.807, 2.05) is 18.2 Å². The zero-order chi connectivity index (χ0) is 13.0. The topological polar surface area (TPSA) is 29.4 Å². The van der Waals surface area contributed by atoms with Crippen LogP contribution in [0.5, 0.6) is 0 Å². The molecule has 0 aliphatic heterocycles. The smallest absolute Gasteiger partial charge is 0.263 e. The summed E-state index contributed by atoms with van der Waals surface area (Å²) in [6.45, 7) is 8.45. The van der Waals surface area contributed by atoms with Crippen LogP contribution >= 0.6 is 11.6 Å². The van der Waals surface area contributed by atoms with Crippen molar-refractivity contribution in [3.8, 4) is 0 Å². The Hall–Kier alpha value is -1.15. The number of hydrogen-bond donors (Lipinski definition) is 0. The summed E-state index contributed by atoms with van der Waals surface area (Å²) in [5.41, 5.74) is 3.17. The quantitative estimate of drug-likeness (QED) is 0.576. The predicted molar refractivity (Wildman–Crippen MR) is 73.6 cm³/mol. The van der Waals surface area contributed by atoms with E-state index in [0.717, 1.165) is 16.8 Å². The number of halogens is 1. The highest BCUT2D eigenvalue weighted by molar-refractivity contribution is 6.78. The Labute approximate surface area is 108 Å². The third-order valence-corrected chi connectivity index (χ3v) is 2.74. The molecule has 1 aromatic carbocycles. The maximum atomic E-state index is 10.8. The van der Waals surface area contributed by atoms with E-state index >= 15 is 0 Å². The molecule has 2 nitrogen and oxygen atoms in total. The molecule has 0 radical (unpaired) electrons. The lowest BCUT2D eigenvalue weighted by molar-refractivity contribution is -0.105. The normalized spacial score (nSPS) is 11.7. The molecule has 3 heteroatoms. The number of aliphatic imine (C=N–C) groups is 1. The molecule has 0 bridgehead atoms. The minimum atomic E-state index is -0.543. The molecule has 0 saturated carbocycles. The van der Waals surface area contributed by atoms with Crippen molar-refractivity contribution in [2.75, 3.05) is 0 Å². The summed E-state index contributed by atoms with van der Waals surface area (Å²) in [7, 11) is 0. The second-order valence-electron chi connectivity index (χ2n) is 4.66. The van der Waals surface area contributed by atoms with Gasteiger partial charge >= 0.3 is 0 Å². The Kier molecular flexibility index (Phi) is 4.88. The first-order valence-corrected chi connectivity index (χ1v) is 6.17. The number of hydrogen-bond acceptors (Lipinski definition) is 2. The van der Waals surface area contributed by atoms with E-state index in [4.69, 9.17) is 11.6 Å². The van der Waals surface area contributed by atoms with Crippen LogP contribution in [0.4, 0.5) is 5.69 Å². The van der Waals surface area contributed by atoms with Crippen molar-refractivity contribution in [3.63, 3.8) is 0 Å². The van der Waals surface area contributed by atoms with Crippen molar-refractivity contribution >= 4 is 28.7 Å². The zero-order valence-corrected chi connectivity index (χ0v) is 11.5. The van der Waals surface area contributed by atoms with Crippen LogP contribution in [0.2, 0.25) is 0 Å². The summed E-state index contributed by atoms with van der Waals surface area (Å²) < 4.78 is 0. The molecule has 0 aliphatic carbocycles. The van der Waals surface area contributed by atoms with Gasteiger partial charge in [-0.2, -0.15) is 0 Å². The molecule has 17 heavy (non-hydrogen) atoms. The predicted octanol–water partition coefficient (Wildman–Crippen LogP) is 4.40. The Bertz CT molecular complexity index is 410. The van der Waals surface area contributed by atoms with E-state index < -0.39 is 5.24 Å². The number of carbonyl (C=O) groups excluding carboxylic acids is 1. The lowest BCUT2D eigenvalue weighted by atomic mass is 9.93. The van der Waals surface area contributed by atoms with E-state index in [9.17, 15) is 4.79 Å². The van der Waals surface area contributed by atoms with Crippen LogP contribution < -0.4 is 0 Å². The molecule has 1 aromatic rings. The molecular weight excluding hydrogens is 234 g/mol. The molecule has 0 atom stereocenters. The molecule has 1 rings (SSSR count). The van der Waals surface area contributed by atoms with E-state index in [2.05, 4.69) is 32.7 Å². The largest absolute Gasteiger partial charge is 0.275 e. The second-order valence-corrected chi connectivity index (χ2v) is 5.03. The van der Waals surface area contributed by atoms with E-state index in [-0.39, 0.29) is 0 Å². The monoisotopic (exact) mass is 251 g/mol. The Balaban J connectivity index is 3.33. The highest BCUT2D eigenvalue weighted by Crippen LogP contribution is 2.34. The maximum Gasteiger partial charge on any atom is 0.263 e. The van der Waals surface area contributed by atoms with Gasteiger partial charge in [-0.1, -0.05) is 45.9 Å². The fraction of sp³-hybridized carbons (Fsp3) is 0.429. The number of carbonyl (C=O) groups is 1. The highest BCUT2D eigenvalue weighted by Gasteiger charge is 2.12. The van der Waals surface area contributed by atoms with E-state index in [1.54, 1.807) is 0 Å². The first kappa shape index (κ1) is 13.9. The van der Waals surface area contributed by atoms with Crippen molar-refractivity contribution in [1.82, 2.24) is 0 Å². The summed E-state index contributed by atoms with van der Waals surface area (Å²) in [4.78, 5) is 15.0. The minimum absolute atomic E-state index is 0.367. The lowest BCUT2D eigenvalue weighted by Crippen LogP contribution is -1.96. The van der Waals surface area contributed by atoms with Gasteiger partial charge in [0, 0.05) is 0 Å². The van der Waals surface area contributed by atoms with Gasteiger partial charge in [-0.3, -0.25) is 9.79 Å². The van der Waals surface area contributed by atoms with Gasteiger partial charge in [0.15, 0.2) is 0 Å². The fourth-order valence-corrected chi connectivity index (χ4v) is 1.82. The molecule has 0 saturated heterocycles. The van der Waals surface area contributed by atoms with Crippen molar-refractivity contribution in [3.05, 3.63) is 29.3 Å². The van der Waals surface area contributed by atoms with Crippen LogP contribution in [0.15, 0.2) is 23.2 Å². The number of nitrogens with zero attached hydrogens (tertiary/aromatic N) is 1. The first-order chi connectivity index (χ1) is 7.93. The standard InChI is InChI=1S/C14H18ClNO/c1-9(2)11-6-5-7-12(10(3)4)14(11)16-8-13(15)17/h5-10H,1-4H3/b16-8+. The van der Waals surface area contributed by atoms with Gasteiger partial charge < -0.3 is 0 Å². The summed E-state index contributed by atoms with van der Waals surface area (Å²) >= 11 is 5.30. The van der Waals surface area contributed by atoms with Crippen LogP contribution in [0, 0.1) is 0 Å². The molecule has 92 valence electrons. The van der Waals surface area contributed by atoms with Crippen LogP contribution in [0.25, 0.3) is 0 Å². The molecule has 0 aliphatic rings. The van der Waals surface area contributed by atoms with Crippen LogP contribution in [-0.4, -0.2) is 11.5 Å². The van der Waals surface area contributed by atoms with Gasteiger partial charge in [0.05, 0.1) is 11.9 Å². The van der Waals surface area contributed by atoms with E-state index in [1.165, 1.54) is 6.21 Å². The SMILES string of the molecule is CC(C)c1cccc(C(C)C)c1/N=C/C(=O)Cl. The number of para-hydroxylation sites is 1. The fourth-order valence-electron chi connectivity index (χ4n) is 1.78. The van der Waals surface area contributed by atoms with Gasteiger partial charge in [0.1, 0.15) is 0 Å². The Morgan fingerprint density at radius 1 is 1.18 bits per heavy atom. The van der Waals surface area contributed by atoms with Crippen molar-refractivity contribution in [2.24, 2.45) is 4.99 Å². The van der Waals surface area contributed by atoms with Crippen molar-refractivity contribution in [2.45, 2.75) is 39.5 Å². The maximum absolute atomic E-state index is 10.8. The second kappa shape index (κ2) is 5.97. The summed E-state index contributed by atoms with van der Waals surface area (Å²) in [6, 6.07) is 6.12. The van der Waals surface area contributed by atoms with Gasteiger partial charge in [0.2, 0.25) is 0 Å². The average molecular weight is 252 g/mol. The lowest BCUT2D eigenvalue weighted by Gasteiger charge is -2.15. The van der Waals surface area contributed by atoms with Gasteiger partial charge in [-0.05, 0) is 34.6 Å². The van der Waals surface area contributed by atoms with E-state index in [0.29, 0.717) is 11.8 Å².